The van der Waals surface area contributed by atoms with Crippen LogP contribution in [0.4, 0.5) is 4.39 Å². The first kappa shape index (κ1) is 16.2. The van der Waals surface area contributed by atoms with E-state index in [4.69, 9.17) is 4.42 Å². The van der Waals surface area contributed by atoms with E-state index in [1.807, 2.05) is 10.9 Å². The van der Waals surface area contributed by atoms with E-state index in [9.17, 15) is 18.8 Å². The van der Waals surface area contributed by atoms with Gasteiger partial charge in [-0.25, -0.2) is 4.39 Å². The number of hydrazine groups is 1. The number of amides is 3. The van der Waals surface area contributed by atoms with Crippen molar-refractivity contribution in [3.8, 4) is 0 Å². The van der Waals surface area contributed by atoms with Crippen LogP contribution < -0.4 is 16.2 Å². The van der Waals surface area contributed by atoms with E-state index in [2.05, 4.69) is 5.32 Å². The van der Waals surface area contributed by atoms with E-state index < -0.39 is 23.5 Å². The van der Waals surface area contributed by atoms with Crippen molar-refractivity contribution in [2.45, 2.75) is 13.5 Å². The number of carbonyl (C=O) groups is 3. The van der Waals surface area contributed by atoms with Crippen LogP contribution in [0.15, 0.2) is 41.0 Å². The van der Waals surface area contributed by atoms with Gasteiger partial charge in [-0.1, -0.05) is 6.07 Å². The molecule has 0 spiro atoms. The summed E-state index contributed by atoms with van der Waals surface area (Å²) in [4.78, 5) is 34.8. The molecule has 0 unspecified atom stereocenters. The Kier molecular flexibility index (Phi) is 5.08. The van der Waals surface area contributed by atoms with Gasteiger partial charge in [0.05, 0.1) is 12.8 Å². The summed E-state index contributed by atoms with van der Waals surface area (Å²) in [5.74, 6) is -2.81. The van der Waals surface area contributed by atoms with Gasteiger partial charge in [0.1, 0.15) is 11.6 Å². The predicted octanol–water partition coefficient (Wildman–Crippen LogP) is 0.805. The minimum absolute atomic E-state index is 0.0180. The molecule has 0 aliphatic heterocycles. The average Bonchev–Trinajstić information content (AvgIpc) is 3.05. The molecule has 8 heteroatoms. The van der Waals surface area contributed by atoms with Crippen molar-refractivity contribution in [2.24, 2.45) is 0 Å². The zero-order chi connectivity index (χ0) is 16.8. The summed E-state index contributed by atoms with van der Waals surface area (Å²) in [7, 11) is 0. The summed E-state index contributed by atoms with van der Waals surface area (Å²) in [6.07, 6.45) is 1.43. The van der Waals surface area contributed by atoms with Gasteiger partial charge in [0.2, 0.25) is 0 Å². The fourth-order valence-corrected chi connectivity index (χ4v) is 1.64. The Morgan fingerprint density at radius 1 is 1.13 bits per heavy atom. The molecule has 1 aromatic carbocycles. The molecule has 7 nitrogen and oxygen atoms in total. The first-order valence-corrected chi connectivity index (χ1v) is 6.64. The molecule has 2 rings (SSSR count). The molecule has 0 atom stereocenters. The Morgan fingerprint density at radius 2 is 1.91 bits per heavy atom. The maximum Gasteiger partial charge on any atom is 0.327 e. The highest BCUT2D eigenvalue weighted by Crippen LogP contribution is 2.08. The van der Waals surface area contributed by atoms with Gasteiger partial charge in [0.25, 0.3) is 5.91 Å². The second-order valence-corrected chi connectivity index (χ2v) is 4.63. The van der Waals surface area contributed by atoms with E-state index in [0.717, 1.165) is 6.07 Å². The summed E-state index contributed by atoms with van der Waals surface area (Å²) in [5, 5.41) is 2.31. The molecule has 1 aromatic heterocycles. The van der Waals surface area contributed by atoms with Gasteiger partial charge in [-0.15, -0.1) is 0 Å². The third kappa shape index (κ3) is 4.40. The Balaban J connectivity index is 1.81. The van der Waals surface area contributed by atoms with Crippen LogP contribution >= 0.6 is 0 Å². The molecule has 0 aliphatic rings. The summed E-state index contributed by atoms with van der Waals surface area (Å²) in [6.45, 7) is 1.60. The zero-order valence-electron chi connectivity index (χ0n) is 12.2. The smallest absolute Gasteiger partial charge is 0.327 e. The number of hydrogen-bond donors (Lipinski definition) is 3. The van der Waals surface area contributed by atoms with Crippen molar-refractivity contribution < 1.29 is 23.2 Å². The Bertz CT molecular complexity index is 728. The normalized spacial score (nSPS) is 10.0. The highest BCUT2D eigenvalue weighted by atomic mass is 19.1. The molecule has 0 bridgehead atoms. The van der Waals surface area contributed by atoms with Gasteiger partial charge in [-0.2, -0.15) is 0 Å². The number of carbonyl (C=O) groups excluding carboxylic acids is 3. The number of benzene rings is 1. The Hall–Kier alpha value is -3.16. The van der Waals surface area contributed by atoms with Crippen molar-refractivity contribution in [3.05, 3.63) is 59.3 Å². The van der Waals surface area contributed by atoms with Gasteiger partial charge >= 0.3 is 11.8 Å². The fourth-order valence-electron chi connectivity index (χ4n) is 1.64. The van der Waals surface area contributed by atoms with Crippen LogP contribution in [0.3, 0.4) is 0 Å². The predicted molar refractivity (Wildman–Crippen MR) is 77.3 cm³/mol. The van der Waals surface area contributed by atoms with Gasteiger partial charge < -0.3 is 9.73 Å². The molecule has 0 saturated heterocycles. The van der Waals surface area contributed by atoms with E-state index in [0.29, 0.717) is 11.3 Å². The van der Waals surface area contributed by atoms with Gasteiger partial charge in [-0.3, -0.25) is 25.2 Å². The lowest BCUT2D eigenvalue weighted by atomic mass is 10.1. The highest BCUT2D eigenvalue weighted by Gasteiger charge is 2.15. The lowest BCUT2D eigenvalue weighted by Gasteiger charge is -2.08. The topological polar surface area (TPSA) is 100 Å². The number of aryl methyl sites for hydroxylation is 1. The molecule has 3 amide bonds. The summed E-state index contributed by atoms with van der Waals surface area (Å²) in [6, 6.07) is 7.14. The first-order chi connectivity index (χ1) is 11.0. The highest BCUT2D eigenvalue weighted by molar-refractivity contribution is 6.35. The maximum atomic E-state index is 13.4. The molecular weight excluding hydrogens is 305 g/mol. The van der Waals surface area contributed by atoms with Crippen LogP contribution in [0, 0.1) is 12.7 Å². The van der Waals surface area contributed by atoms with E-state index in [1.54, 1.807) is 19.1 Å². The molecule has 2 aromatic rings. The third-order valence-electron chi connectivity index (χ3n) is 2.93. The molecule has 0 saturated carbocycles. The number of hydrogen-bond acceptors (Lipinski definition) is 4. The summed E-state index contributed by atoms with van der Waals surface area (Å²) >= 11 is 0. The summed E-state index contributed by atoms with van der Waals surface area (Å²) in [5.41, 5.74) is 4.38. The Morgan fingerprint density at radius 3 is 2.57 bits per heavy atom. The molecule has 23 heavy (non-hydrogen) atoms. The van der Waals surface area contributed by atoms with E-state index in [1.165, 1.54) is 18.4 Å². The molecular formula is C15H14FN3O4. The van der Waals surface area contributed by atoms with Crippen LogP contribution in [0.25, 0.3) is 0 Å². The standard InChI is InChI=1S/C15H14FN3O4/c1-9-4-5-10(7-12(9)16)13(20)18-19-15(22)14(21)17-8-11-3-2-6-23-11/h2-7H,8H2,1H3,(H,17,21)(H,18,20)(H,19,22). The molecule has 0 radical (unpaired) electrons. The van der Waals surface area contributed by atoms with Crippen LogP contribution in [0.1, 0.15) is 21.7 Å². The SMILES string of the molecule is Cc1ccc(C(=O)NNC(=O)C(=O)NCc2ccco2)cc1F. The number of nitrogens with one attached hydrogen (secondary N) is 3. The minimum Gasteiger partial charge on any atom is -0.467 e. The fraction of sp³-hybridized carbons (Fsp3) is 0.133. The van der Waals surface area contributed by atoms with Gasteiger partial charge in [0, 0.05) is 5.56 Å². The quantitative estimate of drug-likeness (QED) is 0.575. The Labute approximate surface area is 130 Å². The minimum atomic E-state index is -1.06. The monoisotopic (exact) mass is 319 g/mol. The molecule has 120 valence electrons. The van der Waals surface area contributed by atoms with Crippen LogP contribution in [-0.4, -0.2) is 17.7 Å². The number of rotatable bonds is 3. The van der Waals surface area contributed by atoms with Gasteiger partial charge in [0.15, 0.2) is 0 Å². The summed E-state index contributed by atoms with van der Waals surface area (Å²) < 4.78 is 18.4. The molecule has 3 N–H and O–H groups in total. The van der Waals surface area contributed by atoms with Crippen LogP contribution in [0.2, 0.25) is 0 Å². The van der Waals surface area contributed by atoms with E-state index in [-0.39, 0.29) is 12.1 Å². The number of furan rings is 1. The van der Waals surface area contributed by atoms with Crippen molar-refractivity contribution in [1.82, 2.24) is 16.2 Å². The lowest BCUT2D eigenvalue weighted by Crippen LogP contribution is -2.48. The average molecular weight is 319 g/mol. The lowest BCUT2D eigenvalue weighted by molar-refractivity contribution is -0.139. The first-order valence-electron chi connectivity index (χ1n) is 6.64. The third-order valence-corrected chi connectivity index (χ3v) is 2.93. The molecule has 0 aliphatic carbocycles. The van der Waals surface area contributed by atoms with Crippen LogP contribution in [0.5, 0.6) is 0 Å². The van der Waals surface area contributed by atoms with Gasteiger partial charge in [-0.05, 0) is 36.8 Å². The van der Waals surface area contributed by atoms with Crippen molar-refractivity contribution in [1.29, 1.82) is 0 Å². The van der Waals surface area contributed by atoms with Crippen molar-refractivity contribution in [3.63, 3.8) is 0 Å². The molecule has 0 fully saturated rings. The molecule has 1 heterocycles. The van der Waals surface area contributed by atoms with E-state index >= 15 is 0 Å². The van der Waals surface area contributed by atoms with Crippen molar-refractivity contribution in [2.75, 3.05) is 0 Å². The van der Waals surface area contributed by atoms with Crippen molar-refractivity contribution >= 4 is 17.7 Å². The second kappa shape index (κ2) is 7.21. The maximum absolute atomic E-state index is 13.4. The van der Waals surface area contributed by atoms with Crippen LogP contribution in [-0.2, 0) is 16.1 Å². The zero-order valence-corrected chi connectivity index (χ0v) is 12.2. The number of halogens is 1. The largest absolute Gasteiger partial charge is 0.467 e. The second-order valence-electron chi connectivity index (χ2n) is 4.63.